The van der Waals surface area contributed by atoms with Crippen molar-refractivity contribution in [3.05, 3.63) is 28.8 Å². The number of quaternary nitrogens is 1. The molecule has 1 aromatic rings. The lowest BCUT2D eigenvalue weighted by Gasteiger charge is -2.28. The van der Waals surface area contributed by atoms with Crippen LogP contribution in [0.5, 0.6) is 5.75 Å². The highest BCUT2D eigenvalue weighted by Crippen LogP contribution is 2.21. The minimum Gasteiger partial charge on any atom is -0.491 e. The van der Waals surface area contributed by atoms with E-state index in [-0.39, 0.29) is 0 Å². The molecule has 1 aliphatic rings. The highest BCUT2D eigenvalue weighted by Gasteiger charge is 2.21. The van der Waals surface area contributed by atoms with E-state index in [4.69, 9.17) is 16.3 Å². The van der Waals surface area contributed by atoms with Crippen molar-refractivity contribution < 1.29 is 14.7 Å². The number of benzene rings is 1. The molecule has 1 aromatic carbocycles. The van der Waals surface area contributed by atoms with Gasteiger partial charge in [0.05, 0.1) is 13.1 Å². The fourth-order valence-electron chi connectivity index (χ4n) is 2.67. The van der Waals surface area contributed by atoms with E-state index in [1.54, 1.807) is 0 Å². The first-order valence-corrected chi connectivity index (χ1v) is 7.83. The Balaban J connectivity index is 1.74. The first kappa shape index (κ1) is 15.6. The Labute approximate surface area is 126 Å². The van der Waals surface area contributed by atoms with E-state index in [1.807, 2.05) is 25.1 Å². The van der Waals surface area contributed by atoms with Crippen LogP contribution in [0.2, 0.25) is 5.02 Å². The van der Waals surface area contributed by atoms with Crippen LogP contribution in [0.4, 0.5) is 0 Å². The molecule has 112 valence electrons. The number of rotatable bonds is 5. The lowest BCUT2D eigenvalue weighted by atomic mass is 9.99. The maximum Gasteiger partial charge on any atom is 0.137 e. The average Bonchev–Trinajstić information content (AvgIpc) is 2.43. The quantitative estimate of drug-likeness (QED) is 0.868. The zero-order valence-electron chi connectivity index (χ0n) is 12.4. The van der Waals surface area contributed by atoms with Crippen LogP contribution in [0.3, 0.4) is 0 Å². The highest BCUT2D eigenvalue weighted by atomic mass is 35.5. The molecule has 3 nitrogen and oxygen atoms in total. The fraction of sp³-hybridized carbons (Fsp3) is 0.625. The van der Waals surface area contributed by atoms with Gasteiger partial charge in [0.2, 0.25) is 0 Å². The first-order valence-electron chi connectivity index (χ1n) is 7.45. The summed E-state index contributed by atoms with van der Waals surface area (Å²) in [6.07, 6.45) is 2.12. The van der Waals surface area contributed by atoms with Gasteiger partial charge in [-0.3, -0.25) is 0 Å². The average molecular weight is 299 g/mol. The van der Waals surface area contributed by atoms with E-state index in [1.165, 1.54) is 17.7 Å². The molecule has 0 amide bonds. The van der Waals surface area contributed by atoms with E-state index < -0.39 is 6.10 Å². The second-order valence-corrected chi connectivity index (χ2v) is 6.42. The summed E-state index contributed by atoms with van der Waals surface area (Å²) in [6.45, 7) is 7.71. The Hall–Kier alpha value is -0.770. The summed E-state index contributed by atoms with van der Waals surface area (Å²) >= 11 is 5.98. The number of piperidine rings is 1. The van der Waals surface area contributed by atoms with Crippen LogP contribution in [-0.2, 0) is 0 Å². The Morgan fingerprint density at radius 3 is 2.75 bits per heavy atom. The number of nitrogens with one attached hydrogen (secondary N) is 1. The summed E-state index contributed by atoms with van der Waals surface area (Å²) in [5.41, 5.74) is 0.995. The normalized spacial score (nSPS) is 24.4. The zero-order valence-corrected chi connectivity index (χ0v) is 13.1. The molecule has 1 aliphatic heterocycles. The van der Waals surface area contributed by atoms with Crippen LogP contribution >= 0.6 is 11.6 Å². The summed E-state index contributed by atoms with van der Waals surface area (Å²) in [5.74, 6) is 1.61. The lowest BCUT2D eigenvalue weighted by molar-refractivity contribution is -0.909. The molecule has 0 aromatic heterocycles. The number of ether oxygens (including phenoxy) is 1. The third kappa shape index (κ3) is 4.65. The smallest absolute Gasteiger partial charge is 0.137 e. The number of aryl methyl sites for hydroxylation is 1. The van der Waals surface area contributed by atoms with Crippen molar-refractivity contribution >= 4 is 11.6 Å². The molecule has 1 saturated heterocycles. The second-order valence-electron chi connectivity index (χ2n) is 6.01. The summed E-state index contributed by atoms with van der Waals surface area (Å²) in [5, 5.41) is 10.8. The van der Waals surface area contributed by atoms with Gasteiger partial charge in [0.1, 0.15) is 25.0 Å². The van der Waals surface area contributed by atoms with E-state index in [9.17, 15) is 5.11 Å². The van der Waals surface area contributed by atoms with Crippen LogP contribution in [0, 0.1) is 12.8 Å². The third-order valence-electron chi connectivity index (χ3n) is 4.08. The number of likely N-dealkylation sites (tertiary alicyclic amines) is 1. The molecule has 0 radical (unpaired) electrons. The van der Waals surface area contributed by atoms with Crippen LogP contribution in [0.15, 0.2) is 18.2 Å². The van der Waals surface area contributed by atoms with Gasteiger partial charge in [-0.05, 0) is 49.4 Å². The Bertz CT molecular complexity index is 430. The van der Waals surface area contributed by atoms with Gasteiger partial charge in [-0.25, -0.2) is 0 Å². The van der Waals surface area contributed by atoms with E-state index in [0.29, 0.717) is 6.61 Å². The third-order valence-corrected chi connectivity index (χ3v) is 4.50. The number of hydrogen-bond acceptors (Lipinski definition) is 2. The van der Waals surface area contributed by atoms with Crippen LogP contribution < -0.4 is 9.64 Å². The van der Waals surface area contributed by atoms with Crippen molar-refractivity contribution in [3.8, 4) is 5.75 Å². The highest BCUT2D eigenvalue weighted by molar-refractivity contribution is 6.31. The molecule has 4 heteroatoms. The number of aliphatic hydroxyl groups excluding tert-OH is 1. The Kier molecular flexibility index (Phi) is 5.70. The summed E-state index contributed by atoms with van der Waals surface area (Å²) in [6, 6.07) is 5.58. The molecule has 1 fully saturated rings. The van der Waals surface area contributed by atoms with Crippen molar-refractivity contribution in [2.24, 2.45) is 5.92 Å². The molecule has 0 spiro atoms. The SMILES string of the molecule is Cc1cc(OC[C@H](O)C[NH+]2CCC(C)CC2)ccc1Cl. The van der Waals surface area contributed by atoms with Gasteiger partial charge in [-0.1, -0.05) is 18.5 Å². The molecule has 1 atom stereocenters. The molecular weight excluding hydrogens is 274 g/mol. The number of halogens is 1. The fourth-order valence-corrected chi connectivity index (χ4v) is 2.78. The summed E-state index contributed by atoms with van der Waals surface area (Å²) in [7, 11) is 0. The van der Waals surface area contributed by atoms with Gasteiger partial charge in [-0.15, -0.1) is 0 Å². The molecular formula is C16H25ClNO2+. The molecule has 0 unspecified atom stereocenters. The van der Waals surface area contributed by atoms with Crippen molar-refractivity contribution in [2.45, 2.75) is 32.8 Å². The van der Waals surface area contributed by atoms with Crippen LogP contribution in [-0.4, -0.2) is 37.5 Å². The van der Waals surface area contributed by atoms with E-state index in [0.717, 1.165) is 41.9 Å². The van der Waals surface area contributed by atoms with Crippen molar-refractivity contribution in [3.63, 3.8) is 0 Å². The lowest BCUT2D eigenvalue weighted by Crippen LogP contribution is -3.14. The van der Waals surface area contributed by atoms with Crippen molar-refractivity contribution in [1.82, 2.24) is 0 Å². The second kappa shape index (κ2) is 7.30. The van der Waals surface area contributed by atoms with E-state index >= 15 is 0 Å². The molecule has 1 heterocycles. The van der Waals surface area contributed by atoms with E-state index in [2.05, 4.69) is 6.92 Å². The van der Waals surface area contributed by atoms with Crippen molar-refractivity contribution in [2.75, 3.05) is 26.2 Å². The minimum atomic E-state index is -0.408. The first-order chi connectivity index (χ1) is 9.54. The maximum absolute atomic E-state index is 10.1. The minimum absolute atomic E-state index is 0.347. The van der Waals surface area contributed by atoms with Crippen LogP contribution in [0.1, 0.15) is 25.3 Å². The van der Waals surface area contributed by atoms with Gasteiger partial charge in [0.15, 0.2) is 0 Å². The molecule has 0 aliphatic carbocycles. The zero-order chi connectivity index (χ0) is 14.5. The van der Waals surface area contributed by atoms with Crippen LogP contribution in [0.25, 0.3) is 0 Å². The number of hydrogen-bond donors (Lipinski definition) is 2. The Morgan fingerprint density at radius 2 is 2.10 bits per heavy atom. The van der Waals surface area contributed by atoms with Gasteiger partial charge < -0.3 is 14.7 Å². The van der Waals surface area contributed by atoms with Gasteiger partial charge in [0.25, 0.3) is 0 Å². The number of aliphatic hydroxyl groups is 1. The molecule has 0 saturated carbocycles. The predicted molar refractivity (Wildman–Crippen MR) is 81.7 cm³/mol. The molecule has 2 rings (SSSR count). The van der Waals surface area contributed by atoms with Crippen molar-refractivity contribution in [1.29, 1.82) is 0 Å². The predicted octanol–water partition coefficient (Wildman–Crippen LogP) is 1.70. The largest absolute Gasteiger partial charge is 0.491 e. The summed E-state index contributed by atoms with van der Waals surface area (Å²) < 4.78 is 5.64. The topological polar surface area (TPSA) is 33.9 Å². The molecule has 2 N–H and O–H groups in total. The standard InChI is InChI=1S/C16H24ClNO2/c1-12-5-7-18(8-6-12)10-14(19)11-20-15-3-4-16(17)13(2)9-15/h3-4,9,12,14,19H,5-8,10-11H2,1-2H3/p+1/t14-/m1/s1. The van der Waals surface area contributed by atoms with Gasteiger partial charge in [-0.2, -0.15) is 0 Å². The monoisotopic (exact) mass is 298 g/mol. The molecule has 0 bridgehead atoms. The molecule has 20 heavy (non-hydrogen) atoms. The van der Waals surface area contributed by atoms with Gasteiger partial charge in [0, 0.05) is 5.02 Å². The maximum atomic E-state index is 10.1. The summed E-state index contributed by atoms with van der Waals surface area (Å²) in [4.78, 5) is 1.49. The Morgan fingerprint density at radius 1 is 1.40 bits per heavy atom. The van der Waals surface area contributed by atoms with Gasteiger partial charge >= 0.3 is 0 Å².